The lowest BCUT2D eigenvalue weighted by Gasteiger charge is -2.09. The van der Waals surface area contributed by atoms with E-state index in [-0.39, 0.29) is 11.7 Å². The highest BCUT2D eigenvalue weighted by molar-refractivity contribution is 5.94. The number of alkyl halides is 2. The quantitative estimate of drug-likeness (QED) is 0.863. The number of halogens is 2. The number of rotatable bonds is 5. The molecular formula is C12H15F2NO2. The second-order valence-electron chi connectivity index (χ2n) is 4.01. The number of amides is 1. The van der Waals surface area contributed by atoms with Crippen LogP contribution in [0.2, 0.25) is 0 Å². The first-order valence-corrected chi connectivity index (χ1v) is 5.32. The Hall–Kier alpha value is -1.65. The third-order valence-corrected chi connectivity index (χ3v) is 1.99. The molecule has 1 N–H and O–H groups in total. The number of benzene rings is 1. The van der Waals surface area contributed by atoms with Crippen LogP contribution in [0.5, 0.6) is 5.75 Å². The molecule has 1 amide bonds. The zero-order valence-electron chi connectivity index (χ0n) is 9.74. The number of hydrogen-bond donors (Lipinski definition) is 1. The molecule has 0 radical (unpaired) electrons. The van der Waals surface area contributed by atoms with Crippen molar-refractivity contribution in [2.45, 2.75) is 20.5 Å². The van der Waals surface area contributed by atoms with Crippen LogP contribution in [-0.4, -0.2) is 19.1 Å². The van der Waals surface area contributed by atoms with Crippen LogP contribution in [0.15, 0.2) is 24.3 Å². The van der Waals surface area contributed by atoms with E-state index >= 15 is 0 Å². The summed E-state index contributed by atoms with van der Waals surface area (Å²) in [6.07, 6.45) is 0. The standard InChI is InChI=1S/C12H15F2NO2/c1-8(2)7-15-11(16)9-4-3-5-10(6-9)17-12(13)14/h3-6,8,12H,7H2,1-2H3,(H,15,16). The Labute approximate surface area is 98.8 Å². The van der Waals surface area contributed by atoms with Gasteiger partial charge in [-0.25, -0.2) is 0 Å². The van der Waals surface area contributed by atoms with Crippen molar-refractivity contribution >= 4 is 5.91 Å². The molecule has 1 aromatic rings. The lowest BCUT2D eigenvalue weighted by atomic mass is 10.2. The second kappa shape index (κ2) is 6.18. The minimum atomic E-state index is -2.89. The average Bonchev–Trinajstić information content (AvgIpc) is 2.25. The van der Waals surface area contributed by atoms with Crippen molar-refractivity contribution in [3.8, 4) is 5.75 Å². The van der Waals surface area contributed by atoms with Crippen LogP contribution in [0, 0.1) is 5.92 Å². The van der Waals surface area contributed by atoms with Crippen molar-refractivity contribution in [2.75, 3.05) is 6.54 Å². The first-order valence-electron chi connectivity index (χ1n) is 5.32. The summed E-state index contributed by atoms with van der Waals surface area (Å²) < 4.78 is 28.2. The zero-order chi connectivity index (χ0) is 12.8. The molecule has 0 saturated heterocycles. The summed E-state index contributed by atoms with van der Waals surface area (Å²) in [6, 6.07) is 5.73. The molecule has 0 fully saturated rings. The van der Waals surface area contributed by atoms with Crippen molar-refractivity contribution in [3.05, 3.63) is 29.8 Å². The van der Waals surface area contributed by atoms with E-state index in [0.29, 0.717) is 18.0 Å². The Morgan fingerprint density at radius 3 is 2.71 bits per heavy atom. The third-order valence-electron chi connectivity index (χ3n) is 1.99. The third kappa shape index (κ3) is 4.80. The van der Waals surface area contributed by atoms with E-state index < -0.39 is 6.61 Å². The van der Waals surface area contributed by atoms with E-state index in [4.69, 9.17) is 0 Å². The number of ether oxygens (including phenoxy) is 1. The maximum atomic E-state index is 12.0. The van der Waals surface area contributed by atoms with Crippen LogP contribution in [-0.2, 0) is 0 Å². The summed E-state index contributed by atoms with van der Waals surface area (Å²) >= 11 is 0. The molecule has 0 aliphatic carbocycles. The molecule has 94 valence electrons. The van der Waals surface area contributed by atoms with E-state index in [1.54, 1.807) is 6.07 Å². The Bertz CT molecular complexity index is 381. The maximum Gasteiger partial charge on any atom is 0.387 e. The minimum absolute atomic E-state index is 0.0165. The van der Waals surface area contributed by atoms with Crippen LogP contribution < -0.4 is 10.1 Å². The van der Waals surface area contributed by atoms with Crippen molar-refractivity contribution in [3.63, 3.8) is 0 Å². The molecule has 5 heteroatoms. The molecule has 0 aliphatic rings. The predicted octanol–water partition coefficient (Wildman–Crippen LogP) is 2.67. The normalized spacial score (nSPS) is 10.7. The van der Waals surface area contributed by atoms with Gasteiger partial charge in [0.1, 0.15) is 5.75 Å². The Morgan fingerprint density at radius 2 is 2.12 bits per heavy atom. The lowest BCUT2D eigenvalue weighted by Crippen LogP contribution is -2.27. The average molecular weight is 243 g/mol. The zero-order valence-corrected chi connectivity index (χ0v) is 9.74. The van der Waals surface area contributed by atoms with Crippen LogP contribution in [0.4, 0.5) is 8.78 Å². The van der Waals surface area contributed by atoms with Gasteiger partial charge in [-0.1, -0.05) is 19.9 Å². The van der Waals surface area contributed by atoms with Gasteiger partial charge in [0, 0.05) is 12.1 Å². The molecule has 1 rings (SSSR count). The minimum Gasteiger partial charge on any atom is -0.435 e. The molecule has 3 nitrogen and oxygen atoms in total. The van der Waals surface area contributed by atoms with Gasteiger partial charge in [0.15, 0.2) is 0 Å². The topological polar surface area (TPSA) is 38.3 Å². The lowest BCUT2D eigenvalue weighted by molar-refractivity contribution is -0.0498. The molecule has 0 aliphatic heterocycles. The predicted molar refractivity (Wildman–Crippen MR) is 60.2 cm³/mol. The number of hydrogen-bond acceptors (Lipinski definition) is 2. The van der Waals surface area contributed by atoms with Gasteiger partial charge in [-0.2, -0.15) is 8.78 Å². The Balaban J connectivity index is 2.67. The van der Waals surface area contributed by atoms with Gasteiger partial charge in [0.2, 0.25) is 0 Å². The smallest absolute Gasteiger partial charge is 0.387 e. The highest BCUT2D eigenvalue weighted by Gasteiger charge is 2.09. The highest BCUT2D eigenvalue weighted by Crippen LogP contribution is 2.15. The molecule has 0 spiro atoms. The van der Waals surface area contributed by atoms with Crippen LogP contribution in [0.25, 0.3) is 0 Å². The first kappa shape index (κ1) is 13.4. The number of carbonyl (C=O) groups is 1. The van der Waals surface area contributed by atoms with Crippen molar-refractivity contribution in [1.82, 2.24) is 5.32 Å². The summed E-state index contributed by atoms with van der Waals surface area (Å²) in [5, 5.41) is 2.70. The van der Waals surface area contributed by atoms with Gasteiger partial charge in [-0.3, -0.25) is 4.79 Å². The molecule has 0 aromatic heterocycles. The van der Waals surface area contributed by atoms with Crippen LogP contribution >= 0.6 is 0 Å². The van der Waals surface area contributed by atoms with E-state index in [1.165, 1.54) is 18.2 Å². The largest absolute Gasteiger partial charge is 0.435 e. The first-order chi connectivity index (χ1) is 7.99. The molecule has 0 saturated carbocycles. The molecule has 0 bridgehead atoms. The molecular weight excluding hydrogens is 228 g/mol. The fourth-order valence-electron chi connectivity index (χ4n) is 1.21. The Morgan fingerprint density at radius 1 is 1.41 bits per heavy atom. The molecule has 0 heterocycles. The monoisotopic (exact) mass is 243 g/mol. The van der Waals surface area contributed by atoms with E-state index in [1.807, 2.05) is 13.8 Å². The van der Waals surface area contributed by atoms with E-state index in [2.05, 4.69) is 10.1 Å². The summed E-state index contributed by atoms with van der Waals surface area (Å²) in [6.45, 7) is 1.59. The second-order valence-corrected chi connectivity index (χ2v) is 4.01. The molecule has 1 aromatic carbocycles. The SMILES string of the molecule is CC(C)CNC(=O)c1cccc(OC(F)F)c1. The van der Waals surface area contributed by atoms with Crippen LogP contribution in [0.3, 0.4) is 0 Å². The fourth-order valence-corrected chi connectivity index (χ4v) is 1.21. The maximum absolute atomic E-state index is 12.0. The van der Waals surface area contributed by atoms with Gasteiger partial charge in [0.05, 0.1) is 0 Å². The summed E-state index contributed by atoms with van der Waals surface area (Å²) in [7, 11) is 0. The molecule has 0 unspecified atom stereocenters. The van der Waals surface area contributed by atoms with Gasteiger partial charge in [0.25, 0.3) is 5.91 Å². The van der Waals surface area contributed by atoms with Crippen molar-refractivity contribution in [1.29, 1.82) is 0 Å². The van der Waals surface area contributed by atoms with Crippen molar-refractivity contribution in [2.24, 2.45) is 5.92 Å². The van der Waals surface area contributed by atoms with Crippen molar-refractivity contribution < 1.29 is 18.3 Å². The van der Waals surface area contributed by atoms with Crippen LogP contribution in [0.1, 0.15) is 24.2 Å². The van der Waals surface area contributed by atoms with Gasteiger partial charge in [-0.15, -0.1) is 0 Å². The van der Waals surface area contributed by atoms with Gasteiger partial charge >= 0.3 is 6.61 Å². The van der Waals surface area contributed by atoms with E-state index in [9.17, 15) is 13.6 Å². The van der Waals surface area contributed by atoms with E-state index in [0.717, 1.165) is 0 Å². The summed E-state index contributed by atoms with van der Waals surface area (Å²) in [5.74, 6) is 0.0232. The van der Waals surface area contributed by atoms with Gasteiger partial charge in [-0.05, 0) is 24.1 Å². The summed E-state index contributed by atoms with van der Waals surface area (Å²) in [5.41, 5.74) is 0.309. The highest BCUT2D eigenvalue weighted by atomic mass is 19.3. The molecule has 0 atom stereocenters. The number of nitrogens with one attached hydrogen (secondary N) is 1. The Kier molecular flexibility index (Phi) is 4.87. The summed E-state index contributed by atoms with van der Waals surface area (Å²) in [4.78, 5) is 11.6. The number of carbonyl (C=O) groups excluding carboxylic acids is 1. The molecule has 17 heavy (non-hydrogen) atoms. The fraction of sp³-hybridized carbons (Fsp3) is 0.417. The van der Waals surface area contributed by atoms with Gasteiger partial charge < -0.3 is 10.1 Å².